The number of aliphatic hydroxyl groups excluding tert-OH is 1. The number of imidazole rings is 1. The van der Waals surface area contributed by atoms with Crippen molar-refractivity contribution in [1.29, 1.82) is 0 Å². The number of hydrogen-bond acceptors (Lipinski definition) is 6. The van der Waals surface area contributed by atoms with Gasteiger partial charge in [0.1, 0.15) is 18.5 Å². The van der Waals surface area contributed by atoms with Gasteiger partial charge in [0.05, 0.1) is 6.54 Å². The SMILES string of the molecule is CC[C@H](C)Nc1nc2c(c(=O)[nH]c(=O)n2C)n1C[C@H](O)COc1cccc(C)c1. The molecule has 3 aromatic rings. The molecule has 1 aromatic carbocycles. The number of anilines is 1. The van der Waals surface area contributed by atoms with Gasteiger partial charge in [0.15, 0.2) is 11.2 Å². The first-order valence-electron chi connectivity index (χ1n) is 9.63. The fourth-order valence-corrected chi connectivity index (χ4v) is 3.01. The Bertz CT molecular complexity index is 1110. The van der Waals surface area contributed by atoms with Gasteiger partial charge in [-0.2, -0.15) is 4.98 Å². The van der Waals surface area contributed by atoms with Crippen LogP contribution in [0.2, 0.25) is 0 Å². The van der Waals surface area contributed by atoms with E-state index >= 15 is 0 Å². The smallest absolute Gasteiger partial charge is 0.329 e. The maximum Gasteiger partial charge on any atom is 0.329 e. The second kappa shape index (κ2) is 8.52. The lowest BCUT2D eigenvalue weighted by Gasteiger charge is -2.18. The second-order valence-corrected chi connectivity index (χ2v) is 7.27. The quantitative estimate of drug-likeness (QED) is 0.525. The van der Waals surface area contributed by atoms with Crippen LogP contribution in [0, 0.1) is 6.92 Å². The van der Waals surface area contributed by atoms with Crippen molar-refractivity contribution in [1.82, 2.24) is 19.1 Å². The Balaban J connectivity index is 1.91. The van der Waals surface area contributed by atoms with E-state index in [1.54, 1.807) is 11.6 Å². The standard InChI is InChI=1S/C20H27N5O4/c1-5-13(3)21-19-22-17-16(18(27)23-20(28)24(17)4)25(19)10-14(26)11-29-15-8-6-7-12(2)9-15/h6-9,13-14,26H,5,10-11H2,1-4H3,(H,21,22)(H,23,27,28)/t13-,14-/m0/s1. The first-order valence-corrected chi connectivity index (χ1v) is 9.63. The zero-order valence-corrected chi connectivity index (χ0v) is 17.1. The Hall–Kier alpha value is -3.07. The maximum absolute atomic E-state index is 12.5. The molecule has 156 valence electrons. The molecule has 29 heavy (non-hydrogen) atoms. The van der Waals surface area contributed by atoms with Crippen molar-refractivity contribution in [3.05, 3.63) is 50.7 Å². The lowest BCUT2D eigenvalue weighted by Crippen LogP contribution is -2.31. The molecule has 0 bridgehead atoms. The summed E-state index contributed by atoms with van der Waals surface area (Å²) in [6, 6.07) is 7.65. The first kappa shape index (κ1) is 20.7. The zero-order valence-electron chi connectivity index (χ0n) is 17.1. The number of nitrogens with one attached hydrogen (secondary N) is 2. The second-order valence-electron chi connectivity index (χ2n) is 7.27. The van der Waals surface area contributed by atoms with Crippen LogP contribution >= 0.6 is 0 Å². The highest BCUT2D eigenvalue weighted by molar-refractivity contribution is 5.74. The molecule has 3 rings (SSSR count). The minimum absolute atomic E-state index is 0.0512. The number of aromatic amines is 1. The van der Waals surface area contributed by atoms with E-state index in [2.05, 4.69) is 15.3 Å². The van der Waals surface area contributed by atoms with Gasteiger partial charge >= 0.3 is 5.69 Å². The highest BCUT2D eigenvalue weighted by atomic mass is 16.5. The Labute approximate surface area is 168 Å². The van der Waals surface area contributed by atoms with Gasteiger partial charge in [0.2, 0.25) is 5.95 Å². The van der Waals surface area contributed by atoms with Crippen LogP contribution in [0.4, 0.5) is 5.95 Å². The predicted octanol–water partition coefficient (Wildman–Crippen LogP) is 1.38. The van der Waals surface area contributed by atoms with E-state index in [0.29, 0.717) is 11.7 Å². The molecule has 0 aliphatic heterocycles. The summed E-state index contributed by atoms with van der Waals surface area (Å²) in [6.07, 6.45) is -0.0423. The number of rotatable bonds is 8. The molecule has 0 spiro atoms. The molecule has 2 atom stereocenters. The van der Waals surface area contributed by atoms with Crippen LogP contribution in [-0.2, 0) is 13.6 Å². The highest BCUT2D eigenvalue weighted by Gasteiger charge is 2.20. The molecule has 0 aliphatic carbocycles. The zero-order chi connectivity index (χ0) is 21.1. The van der Waals surface area contributed by atoms with Gasteiger partial charge in [-0.1, -0.05) is 19.1 Å². The van der Waals surface area contributed by atoms with Gasteiger partial charge in [0.25, 0.3) is 5.56 Å². The summed E-state index contributed by atoms with van der Waals surface area (Å²) in [5.41, 5.74) is 0.471. The predicted molar refractivity (Wildman–Crippen MR) is 112 cm³/mol. The van der Waals surface area contributed by atoms with E-state index in [1.165, 1.54) is 4.57 Å². The van der Waals surface area contributed by atoms with Crippen molar-refractivity contribution >= 4 is 17.1 Å². The average Bonchev–Trinajstić information content (AvgIpc) is 3.03. The summed E-state index contributed by atoms with van der Waals surface area (Å²) in [4.78, 5) is 31.1. The Kier molecular flexibility index (Phi) is 6.07. The van der Waals surface area contributed by atoms with Crippen molar-refractivity contribution in [2.24, 2.45) is 7.05 Å². The Morgan fingerprint density at radius 3 is 2.79 bits per heavy atom. The van der Waals surface area contributed by atoms with Crippen LogP contribution < -0.4 is 21.3 Å². The van der Waals surface area contributed by atoms with Crippen LogP contribution in [0.25, 0.3) is 11.2 Å². The molecular weight excluding hydrogens is 374 g/mol. The Morgan fingerprint density at radius 2 is 2.10 bits per heavy atom. The third-order valence-corrected chi connectivity index (χ3v) is 4.82. The molecule has 0 aliphatic rings. The lowest BCUT2D eigenvalue weighted by atomic mass is 10.2. The monoisotopic (exact) mass is 401 g/mol. The average molecular weight is 401 g/mol. The molecule has 9 nitrogen and oxygen atoms in total. The maximum atomic E-state index is 12.5. The largest absolute Gasteiger partial charge is 0.491 e. The number of benzene rings is 1. The summed E-state index contributed by atoms with van der Waals surface area (Å²) < 4.78 is 8.56. The summed E-state index contributed by atoms with van der Waals surface area (Å²) in [6.45, 7) is 6.12. The van der Waals surface area contributed by atoms with Gasteiger partial charge in [-0.3, -0.25) is 14.3 Å². The van der Waals surface area contributed by atoms with Gasteiger partial charge in [0, 0.05) is 13.1 Å². The first-order chi connectivity index (χ1) is 13.8. The fraction of sp³-hybridized carbons (Fsp3) is 0.450. The molecule has 0 amide bonds. The third-order valence-electron chi connectivity index (χ3n) is 4.82. The molecule has 0 fully saturated rings. The fourth-order valence-electron chi connectivity index (χ4n) is 3.01. The number of aryl methyl sites for hydroxylation is 2. The van der Waals surface area contributed by atoms with E-state index in [0.717, 1.165) is 12.0 Å². The van der Waals surface area contributed by atoms with Crippen molar-refractivity contribution < 1.29 is 9.84 Å². The van der Waals surface area contributed by atoms with Gasteiger partial charge in [-0.05, 0) is 38.0 Å². The van der Waals surface area contributed by atoms with Crippen LogP contribution in [-0.4, -0.2) is 43.0 Å². The van der Waals surface area contributed by atoms with E-state index in [-0.39, 0.29) is 30.4 Å². The highest BCUT2D eigenvalue weighted by Crippen LogP contribution is 2.18. The van der Waals surface area contributed by atoms with E-state index in [1.807, 2.05) is 45.0 Å². The third kappa shape index (κ3) is 4.51. The van der Waals surface area contributed by atoms with E-state index < -0.39 is 17.4 Å². The number of nitrogens with zero attached hydrogens (tertiary/aromatic N) is 3. The molecule has 0 radical (unpaired) electrons. The van der Waals surface area contributed by atoms with Crippen molar-refractivity contribution in [3.8, 4) is 5.75 Å². The van der Waals surface area contributed by atoms with Crippen LogP contribution in [0.15, 0.2) is 33.9 Å². The summed E-state index contributed by atoms with van der Waals surface area (Å²) in [5, 5.41) is 13.8. The summed E-state index contributed by atoms with van der Waals surface area (Å²) in [7, 11) is 1.54. The molecule has 2 aromatic heterocycles. The number of fused-ring (bicyclic) bond motifs is 1. The minimum atomic E-state index is -0.887. The van der Waals surface area contributed by atoms with Crippen molar-refractivity contribution in [2.45, 2.75) is 45.9 Å². The molecule has 2 heterocycles. The van der Waals surface area contributed by atoms with Gasteiger partial charge < -0.3 is 19.7 Å². The topological polar surface area (TPSA) is 114 Å². The van der Waals surface area contributed by atoms with Crippen LogP contribution in [0.1, 0.15) is 25.8 Å². The molecular formula is C20H27N5O4. The summed E-state index contributed by atoms with van der Waals surface area (Å²) >= 11 is 0. The molecule has 0 saturated carbocycles. The minimum Gasteiger partial charge on any atom is -0.491 e. The van der Waals surface area contributed by atoms with Crippen LogP contribution in [0.3, 0.4) is 0 Å². The number of ether oxygens (including phenoxy) is 1. The molecule has 9 heteroatoms. The normalized spacial score (nSPS) is 13.4. The number of H-pyrrole nitrogens is 1. The van der Waals surface area contributed by atoms with Crippen molar-refractivity contribution in [2.75, 3.05) is 11.9 Å². The lowest BCUT2D eigenvalue weighted by molar-refractivity contribution is 0.0937. The summed E-state index contributed by atoms with van der Waals surface area (Å²) in [5.74, 6) is 1.09. The van der Waals surface area contributed by atoms with Crippen molar-refractivity contribution in [3.63, 3.8) is 0 Å². The van der Waals surface area contributed by atoms with E-state index in [9.17, 15) is 14.7 Å². The van der Waals surface area contributed by atoms with E-state index in [4.69, 9.17) is 4.74 Å². The number of hydrogen-bond donors (Lipinski definition) is 3. The number of aromatic nitrogens is 4. The van der Waals surface area contributed by atoms with Crippen LogP contribution in [0.5, 0.6) is 5.75 Å². The molecule has 3 N–H and O–H groups in total. The molecule has 0 saturated heterocycles. The molecule has 0 unspecified atom stereocenters. The Morgan fingerprint density at radius 1 is 1.34 bits per heavy atom. The van der Waals surface area contributed by atoms with Gasteiger partial charge in [-0.15, -0.1) is 0 Å². The number of aliphatic hydroxyl groups is 1. The van der Waals surface area contributed by atoms with Gasteiger partial charge in [-0.25, -0.2) is 4.79 Å².